The molecule has 5 nitrogen and oxygen atoms in total. The molecule has 1 aliphatic heterocycles. The summed E-state index contributed by atoms with van der Waals surface area (Å²) in [6.45, 7) is 2.30. The molecule has 0 atom stereocenters. The van der Waals surface area contributed by atoms with E-state index in [2.05, 4.69) is 4.98 Å². The summed E-state index contributed by atoms with van der Waals surface area (Å²) in [5.41, 5.74) is 0.621. The highest BCUT2D eigenvalue weighted by atomic mass is 35.5. The Morgan fingerprint density at radius 3 is 2.42 bits per heavy atom. The van der Waals surface area contributed by atoms with E-state index in [-0.39, 0.29) is 15.9 Å². The number of pyridine rings is 1. The van der Waals surface area contributed by atoms with Gasteiger partial charge in [0.05, 0.1) is 0 Å². The average molecular weight is 370 g/mol. The number of benzene rings is 1. The van der Waals surface area contributed by atoms with E-state index in [4.69, 9.17) is 11.6 Å². The Morgan fingerprint density at radius 2 is 1.79 bits per heavy atom. The molecule has 0 amide bonds. The van der Waals surface area contributed by atoms with E-state index in [1.165, 1.54) is 28.7 Å². The first-order chi connectivity index (χ1) is 11.5. The van der Waals surface area contributed by atoms with Gasteiger partial charge in [0.1, 0.15) is 15.9 Å². The van der Waals surface area contributed by atoms with Crippen LogP contribution >= 0.6 is 11.6 Å². The Balaban J connectivity index is 1.64. The summed E-state index contributed by atoms with van der Waals surface area (Å²) >= 11 is 5.70. The summed E-state index contributed by atoms with van der Waals surface area (Å²) in [5.74, 6) is -0.236. The zero-order valence-electron chi connectivity index (χ0n) is 12.9. The van der Waals surface area contributed by atoms with Gasteiger partial charge in [-0.25, -0.2) is 17.8 Å². The molecule has 0 bridgehead atoms. The standard InChI is InChI=1S/C16H17ClFN3O2S/c17-16-6-5-14(11-19-16)24(22,23)21-9-7-20(8-10-21)12-13-3-1-2-4-15(13)18/h1-6,11H,7-10,12H2. The van der Waals surface area contributed by atoms with Crippen LogP contribution in [0.15, 0.2) is 47.5 Å². The molecule has 24 heavy (non-hydrogen) atoms. The molecule has 0 radical (unpaired) electrons. The molecule has 8 heteroatoms. The largest absolute Gasteiger partial charge is 0.296 e. The summed E-state index contributed by atoms with van der Waals surface area (Å²) in [4.78, 5) is 6.01. The van der Waals surface area contributed by atoms with E-state index in [0.717, 1.165) is 0 Å². The number of hydrogen-bond donors (Lipinski definition) is 0. The highest BCUT2D eigenvalue weighted by Crippen LogP contribution is 2.19. The molecule has 0 aliphatic carbocycles. The number of piperazine rings is 1. The van der Waals surface area contributed by atoms with Gasteiger partial charge in [0.15, 0.2) is 0 Å². The monoisotopic (exact) mass is 369 g/mol. The van der Waals surface area contributed by atoms with Crippen molar-refractivity contribution in [2.75, 3.05) is 26.2 Å². The van der Waals surface area contributed by atoms with Crippen molar-refractivity contribution in [1.29, 1.82) is 0 Å². The third kappa shape index (κ3) is 3.75. The van der Waals surface area contributed by atoms with Crippen molar-refractivity contribution in [3.8, 4) is 0 Å². The number of aromatic nitrogens is 1. The molecular formula is C16H17ClFN3O2S. The molecule has 0 N–H and O–H groups in total. The minimum Gasteiger partial charge on any atom is -0.296 e. The second kappa shape index (κ2) is 7.14. The maximum absolute atomic E-state index is 13.7. The lowest BCUT2D eigenvalue weighted by Crippen LogP contribution is -2.48. The smallest absolute Gasteiger partial charge is 0.244 e. The first-order valence-corrected chi connectivity index (χ1v) is 9.36. The number of nitrogens with zero attached hydrogens (tertiary/aromatic N) is 3. The van der Waals surface area contributed by atoms with Crippen molar-refractivity contribution in [3.05, 3.63) is 59.1 Å². The van der Waals surface area contributed by atoms with Crippen molar-refractivity contribution < 1.29 is 12.8 Å². The van der Waals surface area contributed by atoms with Crippen LogP contribution in [0.3, 0.4) is 0 Å². The Kier molecular flexibility index (Phi) is 5.15. The van der Waals surface area contributed by atoms with Gasteiger partial charge in [-0.3, -0.25) is 4.90 Å². The zero-order valence-corrected chi connectivity index (χ0v) is 14.5. The zero-order chi connectivity index (χ0) is 17.2. The van der Waals surface area contributed by atoms with E-state index < -0.39 is 10.0 Å². The van der Waals surface area contributed by atoms with E-state index in [1.54, 1.807) is 18.2 Å². The van der Waals surface area contributed by atoms with Crippen LogP contribution < -0.4 is 0 Å². The van der Waals surface area contributed by atoms with Crippen molar-refractivity contribution in [2.24, 2.45) is 0 Å². The molecule has 1 aromatic carbocycles. The Hall–Kier alpha value is -1.54. The van der Waals surface area contributed by atoms with Gasteiger partial charge in [0, 0.05) is 44.5 Å². The normalized spacial score (nSPS) is 17.1. The highest BCUT2D eigenvalue weighted by Gasteiger charge is 2.28. The molecule has 2 aromatic rings. The van der Waals surface area contributed by atoms with Gasteiger partial charge in [-0.15, -0.1) is 0 Å². The topological polar surface area (TPSA) is 53.5 Å². The quantitative estimate of drug-likeness (QED) is 0.776. The third-order valence-electron chi connectivity index (χ3n) is 4.02. The summed E-state index contributed by atoms with van der Waals surface area (Å²) < 4.78 is 40.3. The maximum Gasteiger partial charge on any atom is 0.244 e. The fraction of sp³-hybridized carbons (Fsp3) is 0.312. The molecule has 0 saturated carbocycles. The van der Waals surface area contributed by atoms with Crippen LogP contribution in [0.2, 0.25) is 5.15 Å². The lowest BCUT2D eigenvalue weighted by atomic mass is 10.2. The van der Waals surface area contributed by atoms with Gasteiger partial charge in [-0.1, -0.05) is 29.8 Å². The van der Waals surface area contributed by atoms with Crippen LogP contribution in [0.1, 0.15) is 5.56 Å². The van der Waals surface area contributed by atoms with Crippen molar-refractivity contribution in [2.45, 2.75) is 11.4 Å². The van der Waals surface area contributed by atoms with Crippen LogP contribution in [-0.2, 0) is 16.6 Å². The second-order valence-electron chi connectivity index (χ2n) is 5.59. The molecule has 128 valence electrons. The predicted molar refractivity (Wildman–Crippen MR) is 89.7 cm³/mol. The van der Waals surface area contributed by atoms with Crippen LogP contribution in [0.4, 0.5) is 4.39 Å². The SMILES string of the molecule is O=S(=O)(c1ccc(Cl)nc1)N1CCN(Cc2ccccc2F)CC1. The number of hydrogen-bond acceptors (Lipinski definition) is 4. The molecular weight excluding hydrogens is 353 g/mol. The minimum atomic E-state index is -3.57. The average Bonchev–Trinajstić information content (AvgIpc) is 2.58. The van der Waals surface area contributed by atoms with Gasteiger partial charge < -0.3 is 0 Å². The Labute approximate surface area is 145 Å². The molecule has 3 rings (SSSR count). The summed E-state index contributed by atoms with van der Waals surface area (Å²) in [6.07, 6.45) is 1.27. The van der Waals surface area contributed by atoms with Gasteiger partial charge in [0.2, 0.25) is 10.0 Å². The van der Waals surface area contributed by atoms with Gasteiger partial charge in [-0.05, 0) is 18.2 Å². The molecule has 1 fully saturated rings. The van der Waals surface area contributed by atoms with Crippen LogP contribution in [0, 0.1) is 5.82 Å². The molecule has 1 aromatic heterocycles. The molecule has 1 saturated heterocycles. The van der Waals surface area contributed by atoms with Gasteiger partial charge in [0.25, 0.3) is 0 Å². The number of sulfonamides is 1. The van der Waals surface area contributed by atoms with E-state index in [1.807, 2.05) is 4.90 Å². The first kappa shape index (κ1) is 17.3. The fourth-order valence-corrected chi connectivity index (χ4v) is 4.14. The summed E-state index contributed by atoms with van der Waals surface area (Å²) in [6, 6.07) is 9.55. The van der Waals surface area contributed by atoms with E-state index in [0.29, 0.717) is 38.3 Å². The lowest BCUT2D eigenvalue weighted by molar-refractivity contribution is 0.180. The van der Waals surface area contributed by atoms with Crippen molar-refractivity contribution in [3.63, 3.8) is 0 Å². The van der Waals surface area contributed by atoms with Crippen LogP contribution in [-0.4, -0.2) is 48.8 Å². The van der Waals surface area contributed by atoms with Crippen LogP contribution in [0.5, 0.6) is 0 Å². The lowest BCUT2D eigenvalue weighted by Gasteiger charge is -2.34. The Bertz CT molecular complexity index is 806. The van der Waals surface area contributed by atoms with E-state index in [9.17, 15) is 12.8 Å². The second-order valence-corrected chi connectivity index (χ2v) is 7.91. The van der Waals surface area contributed by atoms with E-state index >= 15 is 0 Å². The summed E-state index contributed by atoms with van der Waals surface area (Å²) in [7, 11) is -3.57. The van der Waals surface area contributed by atoms with Crippen molar-refractivity contribution in [1.82, 2.24) is 14.2 Å². The summed E-state index contributed by atoms with van der Waals surface area (Å²) in [5, 5.41) is 0.253. The minimum absolute atomic E-state index is 0.134. The predicted octanol–water partition coefficient (Wildman–Crippen LogP) is 2.38. The molecule has 2 heterocycles. The number of rotatable bonds is 4. The van der Waals surface area contributed by atoms with Crippen LogP contribution in [0.25, 0.3) is 0 Å². The molecule has 0 spiro atoms. The molecule has 1 aliphatic rings. The Morgan fingerprint density at radius 1 is 1.08 bits per heavy atom. The number of halogens is 2. The first-order valence-electron chi connectivity index (χ1n) is 7.54. The highest BCUT2D eigenvalue weighted by molar-refractivity contribution is 7.89. The third-order valence-corrected chi connectivity index (χ3v) is 6.13. The van der Waals surface area contributed by atoms with Gasteiger partial charge >= 0.3 is 0 Å². The molecule has 0 unspecified atom stereocenters. The van der Waals surface area contributed by atoms with Gasteiger partial charge in [-0.2, -0.15) is 4.31 Å². The maximum atomic E-state index is 13.7. The van der Waals surface area contributed by atoms with Crippen molar-refractivity contribution >= 4 is 21.6 Å². The fourth-order valence-electron chi connectivity index (χ4n) is 2.66.